The Balaban J connectivity index is 1.37. The Morgan fingerprint density at radius 1 is 0.821 bits per heavy atom. The third-order valence-corrected chi connectivity index (χ3v) is 10.3. The summed E-state index contributed by atoms with van der Waals surface area (Å²) < 4.78 is 80.6. The number of amides is 1. The van der Waals surface area contributed by atoms with Crippen LogP contribution in [0.15, 0.2) is 0 Å². The molecule has 2 aliphatic heterocycles. The van der Waals surface area contributed by atoms with Gasteiger partial charge in [0.2, 0.25) is 5.91 Å². The second kappa shape index (κ2) is 13.3. The Morgan fingerprint density at radius 3 is 1.90 bits per heavy atom. The Kier molecular flexibility index (Phi) is 10.5. The normalized spacial score (nSPS) is 30.3. The Morgan fingerprint density at radius 2 is 1.36 bits per heavy atom. The Hall–Kier alpha value is -1.03. The second-order valence-corrected chi connectivity index (χ2v) is 12.9. The smallest absolute Gasteiger partial charge is 0.344 e. The van der Waals surface area contributed by atoms with Crippen LogP contribution < -0.4 is 5.32 Å². The van der Waals surface area contributed by atoms with Crippen LogP contribution in [0.2, 0.25) is 0 Å². The number of rotatable bonds is 7. The first-order chi connectivity index (χ1) is 18.4. The van der Waals surface area contributed by atoms with Gasteiger partial charge in [-0.05, 0) is 114 Å². The molecular formula is C29H47F6N3O. The number of hydrogen-bond acceptors (Lipinski definition) is 3. The predicted octanol–water partition coefficient (Wildman–Crippen LogP) is 6.65. The molecule has 0 aromatic heterocycles. The standard InChI is InChI=1S/C29H47F6N3O/c1-37(14-9-20-17-24(28(30,31)32)19-25(18-20)29(33,34)35)27(39)26(23-5-3-2-4-6-23)38-15-10-22(11-16-38)21-7-12-36-13-8-21/h20-26,36H,2-19H2,1H3. The molecule has 3 atom stereocenters. The first kappa shape index (κ1) is 30.9. The van der Waals surface area contributed by atoms with Crippen molar-refractivity contribution in [1.29, 1.82) is 0 Å². The lowest BCUT2D eigenvalue weighted by Gasteiger charge is -2.44. The van der Waals surface area contributed by atoms with Gasteiger partial charge in [-0.15, -0.1) is 0 Å². The van der Waals surface area contributed by atoms with Gasteiger partial charge in [0.1, 0.15) is 0 Å². The van der Waals surface area contributed by atoms with Crippen molar-refractivity contribution < 1.29 is 31.1 Å². The van der Waals surface area contributed by atoms with E-state index in [2.05, 4.69) is 10.2 Å². The summed E-state index contributed by atoms with van der Waals surface area (Å²) in [6.07, 6.45) is -0.548. The third kappa shape index (κ3) is 8.26. The molecule has 226 valence electrons. The van der Waals surface area contributed by atoms with E-state index in [0.29, 0.717) is 5.92 Å². The Bertz CT molecular complexity index is 748. The Labute approximate surface area is 229 Å². The lowest BCUT2D eigenvalue weighted by molar-refractivity contribution is -0.229. The summed E-state index contributed by atoms with van der Waals surface area (Å²) in [4.78, 5) is 17.8. The average Bonchev–Trinajstić information content (AvgIpc) is 2.92. The molecule has 4 aliphatic rings. The fraction of sp³-hybridized carbons (Fsp3) is 0.966. The van der Waals surface area contributed by atoms with Crippen LogP contribution in [-0.4, -0.2) is 73.9 Å². The van der Waals surface area contributed by atoms with E-state index in [9.17, 15) is 31.1 Å². The highest BCUT2D eigenvalue weighted by Crippen LogP contribution is 2.48. The number of carbonyl (C=O) groups is 1. The van der Waals surface area contributed by atoms with Gasteiger partial charge in [-0.25, -0.2) is 0 Å². The van der Waals surface area contributed by atoms with Gasteiger partial charge in [-0.1, -0.05) is 19.3 Å². The zero-order valence-corrected chi connectivity index (χ0v) is 23.3. The van der Waals surface area contributed by atoms with Gasteiger partial charge in [-0.3, -0.25) is 9.69 Å². The molecule has 10 heteroatoms. The van der Waals surface area contributed by atoms with E-state index in [0.717, 1.165) is 70.6 Å². The molecule has 2 heterocycles. The van der Waals surface area contributed by atoms with Gasteiger partial charge in [0.05, 0.1) is 17.9 Å². The number of carbonyl (C=O) groups excluding carboxylic acids is 1. The highest BCUT2D eigenvalue weighted by Gasteiger charge is 2.51. The molecule has 39 heavy (non-hydrogen) atoms. The van der Waals surface area contributed by atoms with Crippen LogP contribution in [0.25, 0.3) is 0 Å². The van der Waals surface area contributed by atoms with Crippen molar-refractivity contribution in [2.24, 2.45) is 35.5 Å². The SMILES string of the molecule is CN(CCC1CC(C(F)(F)F)CC(C(F)(F)F)C1)C(=O)C(C1CCCCC1)N1CCC(C2CCNCC2)CC1. The molecule has 3 unspecified atom stereocenters. The lowest BCUT2D eigenvalue weighted by Crippen LogP contribution is -2.54. The molecule has 0 spiro atoms. The number of piperidine rings is 2. The summed E-state index contributed by atoms with van der Waals surface area (Å²) in [5, 5.41) is 3.43. The van der Waals surface area contributed by atoms with Gasteiger partial charge < -0.3 is 10.2 Å². The van der Waals surface area contributed by atoms with Crippen molar-refractivity contribution >= 4 is 5.91 Å². The second-order valence-electron chi connectivity index (χ2n) is 12.9. The van der Waals surface area contributed by atoms with Gasteiger partial charge in [0.15, 0.2) is 0 Å². The molecule has 4 fully saturated rings. The summed E-state index contributed by atoms with van der Waals surface area (Å²) in [7, 11) is 1.69. The van der Waals surface area contributed by atoms with E-state index in [1.165, 1.54) is 19.3 Å². The monoisotopic (exact) mass is 567 g/mol. The highest BCUT2D eigenvalue weighted by molar-refractivity contribution is 5.82. The minimum Gasteiger partial charge on any atom is -0.344 e. The fourth-order valence-electron chi connectivity index (χ4n) is 8.01. The van der Waals surface area contributed by atoms with Crippen LogP contribution in [0.4, 0.5) is 26.3 Å². The van der Waals surface area contributed by atoms with Crippen molar-refractivity contribution in [1.82, 2.24) is 15.1 Å². The first-order valence-electron chi connectivity index (χ1n) is 15.3. The van der Waals surface area contributed by atoms with E-state index < -0.39 is 36.5 Å². The maximum Gasteiger partial charge on any atom is 0.391 e. The minimum absolute atomic E-state index is 0.00207. The molecule has 4 nitrogen and oxygen atoms in total. The molecule has 0 bridgehead atoms. The van der Waals surface area contributed by atoms with Crippen LogP contribution in [0, 0.1) is 35.5 Å². The number of alkyl halides is 6. The molecule has 0 aromatic rings. The van der Waals surface area contributed by atoms with E-state index in [1.807, 2.05) is 0 Å². The molecular weight excluding hydrogens is 520 g/mol. The van der Waals surface area contributed by atoms with Crippen LogP contribution in [-0.2, 0) is 4.79 Å². The summed E-state index contributed by atoms with van der Waals surface area (Å²) in [6, 6.07) is -0.235. The average molecular weight is 568 g/mol. The molecule has 2 aliphatic carbocycles. The quantitative estimate of drug-likeness (QED) is 0.350. The van der Waals surface area contributed by atoms with Crippen molar-refractivity contribution in [3.8, 4) is 0 Å². The van der Waals surface area contributed by atoms with Crippen LogP contribution in [0.3, 0.4) is 0 Å². The van der Waals surface area contributed by atoms with Crippen molar-refractivity contribution in [2.45, 2.75) is 102 Å². The van der Waals surface area contributed by atoms with Gasteiger partial charge in [0, 0.05) is 13.6 Å². The summed E-state index contributed by atoms with van der Waals surface area (Å²) in [5.41, 5.74) is 0. The van der Waals surface area contributed by atoms with Gasteiger partial charge in [0.25, 0.3) is 0 Å². The number of likely N-dealkylation sites (N-methyl/N-ethyl adjacent to an activating group) is 1. The van der Waals surface area contributed by atoms with Crippen LogP contribution in [0.1, 0.15) is 83.5 Å². The number of nitrogens with zero attached hydrogens (tertiary/aromatic N) is 2. The number of likely N-dealkylation sites (tertiary alicyclic amines) is 1. The van der Waals surface area contributed by atoms with E-state index in [-0.39, 0.29) is 43.7 Å². The van der Waals surface area contributed by atoms with Crippen LogP contribution >= 0.6 is 0 Å². The number of hydrogen-bond donors (Lipinski definition) is 1. The van der Waals surface area contributed by atoms with E-state index in [1.54, 1.807) is 11.9 Å². The first-order valence-corrected chi connectivity index (χ1v) is 15.3. The molecule has 2 saturated carbocycles. The van der Waals surface area contributed by atoms with Gasteiger partial charge >= 0.3 is 12.4 Å². The summed E-state index contributed by atoms with van der Waals surface area (Å²) in [6.45, 7) is 4.13. The van der Waals surface area contributed by atoms with Gasteiger partial charge in [-0.2, -0.15) is 26.3 Å². The van der Waals surface area contributed by atoms with Crippen molar-refractivity contribution in [3.05, 3.63) is 0 Å². The molecule has 2 saturated heterocycles. The van der Waals surface area contributed by atoms with Crippen molar-refractivity contribution in [3.63, 3.8) is 0 Å². The van der Waals surface area contributed by atoms with E-state index in [4.69, 9.17) is 0 Å². The molecule has 1 amide bonds. The largest absolute Gasteiger partial charge is 0.391 e. The zero-order chi connectivity index (χ0) is 28.2. The molecule has 4 rings (SSSR count). The summed E-state index contributed by atoms with van der Waals surface area (Å²) >= 11 is 0. The lowest BCUT2D eigenvalue weighted by atomic mass is 9.73. The molecule has 0 aromatic carbocycles. The van der Waals surface area contributed by atoms with Crippen LogP contribution in [0.5, 0.6) is 0 Å². The summed E-state index contributed by atoms with van der Waals surface area (Å²) in [5.74, 6) is -2.85. The molecule has 1 N–H and O–H groups in total. The van der Waals surface area contributed by atoms with E-state index >= 15 is 0 Å². The third-order valence-electron chi connectivity index (χ3n) is 10.3. The fourth-order valence-corrected chi connectivity index (χ4v) is 8.01. The maximum atomic E-state index is 13.9. The maximum absolute atomic E-state index is 13.9. The number of nitrogens with one attached hydrogen (secondary N) is 1. The topological polar surface area (TPSA) is 35.6 Å². The zero-order valence-electron chi connectivity index (χ0n) is 23.3. The highest BCUT2D eigenvalue weighted by atomic mass is 19.4. The van der Waals surface area contributed by atoms with Crippen molar-refractivity contribution in [2.75, 3.05) is 39.8 Å². The number of halogens is 6. The molecule has 0 radical (unpaired) electrons. The predicted molar refractivity (Wildman–Crippen MR) is 139 cm³/mol. The minimum atomic E-state index is -4.63.